The van der Waals surface area contributed by atoms with Crippen molar-refractivity contribution in [3.63, 3.8) is 0 Å². The molecule has 0 amide bonds. The lowest BCUT2D eigenvalue weighted by atomic mass is 10.1. The molecule has 6 heteroatoms. The fraction of sp³-hybridized carbons (Fsp3) is 0.333. The average Bonchev–Trinajstić information content (AvgIpc) is 2.58. The van der Waals surface area contributed by atoms with Gasteiger partial charge in [0.1, 0.15) is 5.82 Å². The molecule has 0 fully saturated rings. The van der Waals surface area contributed by atoms with Gasteiger partial charge in [-0.3, -0.25) is 0 Å². The minimum absolute atomic E-state index is 0.584. The van der Waals surface area contributed by atoms with Crippen LogP contribution in [0.2, 0.25) is 0 Å². The van der Waals surface area contributed by atoms with Crippen LogP contribution in [0.15, 0.2) is 36.4 Å². The van der Waals surface area contributed by atoms with Crippen LogP contribution in [0.4, 0.5) is 5.82 Å². The zero-order chi connectivity index (χ0) is 17.4. The van der Waals surface area contributed by atoms with E-state index in [1.165, 1.54) is 5.56 Å². The summed E-state index contributed by atoms with van der Waals surface area (Å²) >= 11 is 5.28. The Balaban J connectivity index is 1.75. The molecule has 1 heterocycles. The van der Waals surface area contributed by atoms with Gasteiger partial charge < -0.3 is 20.1 Å². The number of thiocarbonyl (C=S) groups is 1. The summed E-state index contributed by atoms with van der Waals surface area (Å²) in [4.78, 5) is 4.36. The Morgan fingerprint density at radius 3 is 2.62 bits per heavy atom. The Hall–Kier alpha value is -2.34. The van der Waals surface area contributed by atoms with Crippen LogP contribution in [0, 0.1) is 6.92 Å². The van der Waals surface area contributed by atoms with Crippen molar-refractivity contribution in [2.75, 3.05) is 26.1 Å². The first kappa shape index (κ1) is 18.0. The molecule has 1 aromatic carbocycles. The number of benzene rings is 1. The third-order valence-electron chi connectivity index (χ3n) is 3.51. The number of nitrogens with one attached hydrogen (secondary N) is 2. The van der Waals surface area contributed by atoms with Crippen LogP contribution < -0.4 is 20.1 Å². The second-order valence-corrected chi connectivity index (χ2v) is 5.75. The molecule has 0 saturated heterocycles. The summed E-state index contributed by atoms with van der Waals surface area (Å²) in [6.07, 6.45) is 1.89. The van der Waals surface area contributed by atoms with Crippen LogP contribution >= 0.6 is 12.2 Å². The largest absolute Gasteiger partial charge is 0.493 e. The number of nitrogens with zero attached hydrogens (tertiary/aromatic N) is 1. The van der Waals surface area contributed by atoms with Gasteiger partial charge in [0.05, 0.1) is 14.2 Å². The molecular formula is C18H23N3O2S. The van der Waals surface area contributed by atoms with E-state index in [2.05, 4.69) is 21.7 Å². The fourth-order valence-electron chi connectivity index (χ4n) is 2.30. The van der Waals surface area contributed by atoms with Crippen molar-refractivity contribution in [3.8, 4) is 11.5 Å². The van der Waals surface area contributed by atoms with Gasteiger partial charge in [-0.25, -0.2) is 4.98 Å². The van der Waals surface area contributed by atoms with Crippen molar-refractivity contribution >= 4 is 23.1 Å². The molecule has 0 saturated carbocycles. The quantitative estimate of drug-likeness (QED) is 0.593. The number of anilines is 1. The maximum atomic E-state index is 5.32. The minimum atomic E-state index is 0.584. The standard InChI is InChI=1S/C18H23N3O2S/c1-13-6-4-8-17(20-13)21-18(24)19-11-5-7-14-9-10-15(22-2)16(12-14)23-3/h4,6,8-10,12H,5,7,11H2,1-3H3,(H2,19,20,21,24). The lowest BCUT2D eigenvalue weighted by Gasteiger charge is -2.11. The molecule has 0 aliphatic heterocycles. The van der Waals surface area contributed by atoms with Crippen molar-refractivity contribution in [1.82, 2.24) is 10.3 Å². The fourth-order valence-corrected chi connectivity index (χ4v) is 2.51. The molecule has 0 bridgehead atoms. The lowest BCUT2D eigenvalue weighted by molar-refractivity contribution is 0.354. The zero-order valence-corrected chi connectivity index (χ0v) is 15.1. The first-order valence-corrected chi connectivity index (χ1v) is 8.22. The summed E-state index contributed by atoms with van der Waals surface area (Å²) in [6.45, 7) is 2.73. The molecule has 0 spiro atoms. The summed E-state index contributed by atoms with van der Waals surface area (Å²) in [5.74, 6) is 2.26. The van der Waals surface area contributed by atoms with Gasteiger partial charge in [-0.05, 0) is 61.8 Å². The number of rotatable bonds is 7. The van der Waals surface area contributed by atoms with Crippen LogP contribution in [0.1, 0.15) is 17.7 Å². The smallest absolute Gasteiger partial charge is 0.171 e. The van der Waals surface area contributed by atoms with Crippen LogP contribution in [0.25, 0.3) is 0 Å². The Kier molecular flexibility index (Phi) is 6.81. The van der Waals surface area contributed by atoms with E-state index in [1.54, 1.807) is 14.2 Å². The third kappa shape index (κ3) is 5.38. The molecule has 0 aliphatic carbocycles. The molecular weight excluding hydrogens is 322 g/mol. The molecule has 0 aliphatic rings. The van der Waals surface area contributed by atoms with E-state index >= 15 is 0 Å². The van der Waals surface area contributed by atoms with Gasteiger partial charge in [-0.15, -0.1) is 0 Å². The number of aryl methyl sites for hydroxylation is 2. The SMILES string of the molecule is COc1ccc(CCCNC(=S)Nc2cccc(C)n2)cc1OC. The van der Waals surface area contributed by atoms with Crippen molar-refractivity contribution < 1.29 is 9.47 Å². The van der Waals surface area contributed by atoms with E-state index in [4.69, 9.17) is 21.7 Å². The predicted octanol–water partition coefficient (Wildman–Crippen LogP) is 3.33. The van der Waals surface area contributed by atoms with E-state index in [0.29, 0.717) is 5.11 Å². The highest BCUT2D eigenvalue weighted by atomic mass is 32.1. The molecule has 0 atom stereocenters. The first-order chi connectivity index (χ1) is 11.6. The van der Waals surface area contributed by atoms with Crippen molar-refractivity contribution in [2.24, 2.45) is 0 Å². The van der Waals surface area contributed by atoms with Crippen molar-refractivity contribution in [1.29, 1.82) is 0 Å². The summed E-state index contributed by atoms with van der Waals surface area (Å²) in [5, 5.41) is 6.87. The molecule has 128 valence electrons. The number of aromatic nitrogens is 1. The predicted molar refractivity (Wildman–Crippen MR) is 101 cm³/mol. The Morgan fingerprint density at radius 1 is 1.12 bits per heavy atom. The van der Waals surface area contributed by atoms with Crippen LogP contribution in [-0.4, -0.2) is 30.9 Å². The number of methoxy groups -OCH3 is 2. The highest BCUT2D eigenvalue weighted by Crippen LogP contribution is 2.27. The molecule has 2 aromatic rings. The number of hydrogen-bond donors (Lipinski definition) is 2. The maximum Gasteiger partial charge on any atom is 0.171 e. The molecule has 0 radical (unpaired) electrons. The van der Waals surface area contributed by atoms with E-state index in [1.807, 2.05) is 37.3 Å². The topological polar surface area (TPSA) is 55.4 Å². The van der Waals surface area contributed by atoms with Crippen LogP contribution in [0.5, 0.6) is 11.5 Å². The monoisotopic (exact) mass is 345 g/mol. The van der Waals surface area contributed by atoms with Gasteiger partial charge in [0.25, 0.3) is 0 Å². The second kappa shape index (κ2) is 9.08. The van der Waals surface area contributed by atoms with Gasteiger partial charge in [-0.1, -0.05) is 12.1 Å². The molecule has 2 rings (SSSR count). The van der Waals surface area contributed by atoms with Gasteiger partial charge in [0.15, 0.2) is 16.6 Å². The minimum Gasteiger partial charge on any atom is -0.493 e. The van der Waals surface area contributed by atoms with E-state index in [0.717, 1.165) is 42.4 Å². The normalized spacial score (nSPS) is 10.1. The lowest BCUT2D eigenvalue weighted by Crippen LogP contribution is -2.29. The summed E-state index contributed by atoms with van der Waals surface area (Å²) in [7, 11) is 3.28. The zero-order valence-electron chi connectivity index (χ0n) is 14.3. The molecule has 1 aromatic heterocycles. The highest BCUT2D eigenvalue weighted by Gasteiger charge is 2.04. The van der Waals surface area contributed by atoms with Gasteiger partial charge in [0, 0.05) is 12.2 Å². The van der Waals surface area contributed by atoms with Gasteiger partial charge in [0.2, 0.25) is 0 Å². The Morgan fingerprint density at radius 2 is 1.92 bits per heavy atom. The van der Waals surface area contributed by atoms with Crippen molar-refractivity contribution in [3.05, 3.63) is 47.7 Å². The van der Waals surface area contributed by atoms with Crippen molar-refractivity contribution in [2.45, 2.75) is 19.8 Å². The Labute approximate surface area is 148 Å². The highest BCUT2D eigenvalue weighted by molar-refractivity contribution is 7.80. The van der Waals surface area contributed by atoms with E-state index < -0.39 is 0 Å². The Bertz CT molecular complexity index is 692. The van der Waals surface area contributed by atoms with E-state index in [-0.39, 0.29) is 0 Å². The number of ether oxygens (including phenoxy) is 2. The average molecular weight is 345 g/mol. The molecule has 2 N–H and O–H groups in total. The van der Waals surface area contributed by atoms with E-state index in [9.17, 15) is 0 Å². The summed E-state index contributed by atoms with van der Waals surface area (Å²) in [5.41, 5.74) is 2.16. The van der Waals surface area contributed by atoms with Crippen LogP contribution in [0.3, 0.4) is 0 Å². The van der Waals surface area contributed by atoms with Crippen LogP contribution in [-0.2, 0) is 6.42 Å². The summed E-state index contributed by atoms with van der Waals surface area (Å²) in [6, 6.07) is 11.8. The third-order valence-corrected chi connectivity index (χ3v) is 3.75. The first-order valence-electron chi connectivity index (χ1n) is 7.82. The number of pyridine rings is 1. The maximum absolute atomic E-state index is 5.32. The molecule has 0 unspecified atom stereocenters. The van der Waals surface area contributed by atoms with Gasteiger partial charge in [-0.2, -0.15) is 0 Å². The molecule has 5 nitrogen and oxygen atoms in total. The number of hydrogen-bond acceptors (Lipinski definition) is 4. The second-order valence-electron chi connectivity index (χ2n) is 5.34. The van der Waals surface area contributed by atoms with Gasteiger partial charge >= 0.3 is 0 Å². The summed E-state index contributed by atoms with van der Waals surface area (Å²) < 4.78 is 10.6. The molecule has 24 heavy (non-hydrogen) atoms.